The number of rotatable bonds is 4. The van der Waals surface area contributed by atoms with Crippen molar-refractivity contribution < 1.29 is 4.92 Å². The van der Waals surface area contributed by atoms with Crippen molar-refractivity contribution in [3.05, 3.63) is 70.3 Å². The first kappa shape index (κ1) is 14.7. The van der Waals surface area contributed by atoms with Crippen LogP contribution in [0, 0.1) is 10.1 Å². The van der Waals surface area contributed by atoms with Crippen LogP contribution >= 0.6 is 0 Å². The Kier molecular flexibility index (Phi) is 4.66. The van der Waals surface area contributed by atoms with Gasteiger partial charge in [-0.15, -0.1) is 0 Å². The average molecular weight is 283 g/mol. The van der Waals surface area contributed by atoms with Crippen LogP contribution in [0.2, 0.25) is 0 Å². The summed E-state index contributed by atoms with van der Waals surface area (Å²) < 4.78 is 0. The fourth-order valence-corrected chi connectivity index (χ4v) is 1.90. The Morgan fingerprint density at radius 3 is 2.48 bits per heavy atom. The molecular weight excluding hydrogens is 266 g/mol. The molecule has 2 aromatic carbocycles. The third-order valence-corrected chi connectivity index (χ3v) is 3.02. The van der Waals surface area contributed by atoms with Gasteiger partial charge in [0.2, 0.25) is 0 Å². The Morgan fingerprint density at radius 2 is 1.86 bits per heavy atom. The summed E-state index contributed by atoms with van der Waals surface area (Å²) in [6.07, 6.45) is 0.677. The van der Waals surface area contributed by atoms with Crippen molar-refractivity contribution in [2.75, 3.05) is 14.1 Å². The van der Waals surface area contributed by atoms with E-state index in [-0.39, 0.29) is 5.69 Å². The van der Waals surface area contributed by atoms with Crippen LogP contribution in [0.5, 0.6) is 0 Å². The highest BCUT2D eigenvalue weighted by molar-refractivity contribution is 5.86. The van der Waals surface area contributed by atoms with Crippen LogP contribution in [0.4, 0.5) is 11.4 Å². The van der Waals surface area contributed by atoms with Gasteiger partial charge < -0.3 is 4.90 Å². The predicted octanol–water partition coefficient (Wildman–Crippen LogP) is 3.43. The minimum absolute atomic E-state index is 0.0501. The van der Waals surface area contributed by atoms with Crippen molar-refractivity contribution in [2.45, 2.75) is 6.42 Å². The molecule has 0 bridgehead atoms. The second-order valence-electron chi connectivity index (χ2n) is 4.86. The maximum absolute atomic E-state index is 10.8. The zero-order valence-electron chi connectivity index (χ0n) is 12.1. The van der Waals surface area contributed by atoms with Crippen molar-refractivity contribution in [1.29, 1.82) is 0 Å². The van der Waals surface area contributed by atoms with E-state index in [0.29, 0.717) is 12.1 Å². The summed E-state index contributed by atoms with van der Waals surface area (Å²) in [4.78, 5) is 16.9. The van der Waals surface area contributed by atoms with Gasteiger partial charge in [0.25, 0.3) is 5.69 Å². The Labute approximate surface area is 123 Å². The van der Waals surface area contributed by atoms with Gasteiger partial charge in [-0.05, 0) is 11.6 Å². The van der Waals surface area contributed by atoms with Gasteiger partial charge in [0.15, 0.2) is 0 Å². The van der Waals surface area contributed by atoms with Crippen LogP contribution in [0.15, 0.2) is 59.6 Å². The third-order valence-electron chi connectivity index (χ3n) is 3.02. The van der Waals surface area contributed by atoms with E-state index in [0.717, 1.165) is 11.4 Å². The van der Waals surface area contributed by atoms with Crippen molar-refractivity contribution >= 4 is 17.2 Å². The number of nitro benzene ring substituents is 1. The lowest BCUT2D eigenvalue weighted by Gasteiger charge is -2.16. The predicted molar refractivity (Wildman–Crippen MR) is 84.0 cm³/mol. The van der Waals surface area contributed by atoms with E-state index in [2.05, 4.69) is 4.99 Å². The molecule has 108 valence electrons. The number of benzene rings is 2. The molecule has 2 rings (SSSR count). The molecule has 0 radical (unpaired) electrons. The molecule has 0 aliphatic rings. The number of nitro groups is 1. The highest BCUT2D eigenvalue weighted by atomic mass is 16.6. The molecule has 0 aromatic heterocycles. The van der Waals surface area contributed by atoms with Crippen molar-refractivity contribution in [3.63, 3.8) is 0 Å². The van der Waals surface area contributed by atoms with Gasteiger partial charge in [0.1, 0.15) is 5.84 Å². The third kappa shape index (κ3) is 4.14. The van der Waals surface area contributed by atoms with Crippen LogP contribution < -0.4 is 0 Å². The SMILES string of the molecule is CN(C)C(Cc1ccccc1)=Nc1cccc([N+](=O)[O-])c1. The van der Waals surface area contributed by atoms with E-state index in [1.54, 1.807) is 12.1 Å². The molecule has 0 saturated heterocycles. The molecule has 5 nitrogen and oxygen atoms in total. The zero-order chi connectivity index (χ0) is 15.2. The monoisotopic (exact) mass is 283 g/mol. The lowest BCUT2D eigenvalue weighted by atomic mass is 10.1. The molecule has 21 heavy (non-hydrogen) atoms. The van der Waals surface area contributed by atoms with E-state index >= 15 is 0 Å². The number of nitrogens with zero attached hydrogens (tertiary/aromatic N) is 3. The van der Waals surface area contributed by atoms with Gasteiger partial charge in [0, 0.05) is 32.6 Å². The summed E-state index contributed by atoms with van der Waals surface area (Å²) in [6, 6.07) is 16.4. The normalized spacial score (nSPS) is 11.2. The van der Waals surface area contributed by atoms with Gasteiger partial charge in [-0.2, -0.15) is 0 Å². The highest BCUT2D eigenvalue weighted by Crippen LogP contribution is 2.20. The van der Waals surface area contributed by atoms with Crippen molar-refractivity contribution in [1.82, 2.24) is 4.90 Å². The maximum Gasteiger partial charge on any atom is 0.271 e. The van der Waals surface area contributed by atoms with Crippen LogP contribution in [-0.2, 0) is 6.42 Å². The van der Waals surface area contributed by atoms with Crippen molar-refractivity contribution in [2.24, 2.45) is 4.99 Å². The molecule has 0 atom stereocenters. The van der Waals surface area contributed by atoms with Gasteiger partial charge in [0.05, 0.1) is 10.6 Å². The second kappa shape index (κ2) is 6.65. The van der Waals surface area contributed by atoms with Crippen LogP contribution in [0.3, 0.4) is 0 Å². The summed E-state index contributed by atoms with van der Waals surface area (Å²) in [6.45, 7) is 0. The minimum atomic E-state index is -0.411. The second-order valence-corrected chi connectivity index (χ2v) is 4.86. The fraction of sp³-hybridized carbons (Fsp3) is 0.188. The van der Waals surface area contributed by atoms with Crippen LogP contribution in [-0.4, -0.2) is 29.8 Å². The Bertz CT molecular complexity index is 652. The lowest BCUT2D eigenvalue weighted by molar-refractivity contribution is -0.384. The average Bonchev–Trinajstić information content (AvgIpc) is 2.48. The molecule has 5 heteroatoms. The lowest BCUT2D eigenvalue weighted by Crippen LogP contribution is -2.23. The highest BCUT2D eigenvalue weighted by Gasteiger charge is 2.08. The minimum Gasteiger partial charge on any atom is -0.366 e. The van der Waals surface area contributed by atoms with E-state index in [1.165, 1.54) is 12.1 Å². The Balaban J connectivity index is 2.29. The number of amidine groups is 1. The van der Waals surface area contributed by atoms with Gasteiger partial charge >= 0.3 is 0 Å². The summed E-state index contributed by atoms with van der Waals surface area (Å²) in [7, 11) is 3.83. The molecule has 0 amide bonds. The van der Waals surface area contributed by atoms with Gasteiger partial charge in [-0.25, -0.2) is 4.99 Å². The molecular formula is C16H17N3O2. The Morgan fingerprint density at radius 1 is 1.14 bits per heavy atom. The molecule has 0 aliphatic heterocycles. The number of hydrogen-bond donors (Lipinski definition) is 0. The molecule has 0 fully saturated rings. The van der Waals surface area contributed by atoms with Crippen LogP contribution in [0.1, 0.15) is 5.56 Å². The zero-order valence-corrected chi connectivity index (χ0v) is 12.1. The summed E-state index contributed by atoms with van der Waals surface area (Å²) in [5.74, 6) is 0.849. The molecule has 0 spiro atoms. The van der Waals surface area contributed by atoms with Gasteiger partial charge in [-0.3, -0.25) is 10.1 Å². The molecule has 0 aliphatic carbocycles. The topological polar surface area (TPSA) is 58.7 Å². The molecule has 0 heterocycles. The molecule has 2 aromatic rings. The van der Waals surface area contributed by atoms with Gasteiger partial charge in [-0.1, -0.05) is 36.4 Å². The fourth-order valence-electron chi connectivity index (χ4n) is 1.90. The summed E-state index contributed by atoms with van der Waals surface area (Å²) >= 11 is 0. The number of aliphatic imine (C=N–C) groups is 1. The first-order chi connectivity index (χ1) is 10.1. The maximum atomic E-state index is 10.8. The van der Waals surface area contributed by atoms with E-state index in [1.807, 2.05) is 49.3 Å². The number of non-ortho nitro benzene ring substituents is 1. The molecule has 0 N–H and O–H groups in total. The summed E-state index contributed by atoms with van der Waals surface area (Å²) in [5.41, 5.74) is 1.79. The largest absolute Gasteiger partial charge is 0.366 e. The molecule has 0 unspecified atom stereocenters. The van der Waals surface area contributed by atoms with E-state index in [9.17, 15) is 10.1 Å². The first-order valence-corrected chi connectivity index (χ1v) is 6.59. The van der Waals surface area contributed by atoms with Crippen LogP contribution in [0.25, 0.3) is 0 Å². The van der Waals surface area contributed by atoms with E-state index < -0.39 is 4.92 Å². The van der Waals surface area contributed by atoms with E-state index in [4.69, 9.17) is 0 Å². The summed E-state index contributed by atoms with van der Waals surface area (Å²) in [5, 5.41) is 10.8. The van der Waals surface area contributed by atoms with Crippen molar-refractivity contribution in [3.8, 4) is 0 Å². The Hall–Kier alpha value is -2.69. The quantitative estimate of drug-likeness (QED) is 0.374. The number of likely N-dealkylation sites (N-methyl/N-ethyl adjacent to an activating group) is 1. The smallest absolute Gasteiger partial charge is 0.271 e. The standard InChI is InChI=1S/C16H17N3O2/c1-18(2)16(11-13-7-4-3-5-8-13)17-14-9-6-10-15(12-14)19(20)21/h3-10,12H,11H2,1-2H3. The molecule has 0 saturated carbocycles. The first-order valence-electron chi connectivity index (χ1n) is 6.59. The number of hydrogen-bond acceptors (Lipinski definition) is 3.